The highest BCUT2D eigenvalue weighted by atomic mass is 35.5. The van der Waals surface area contributed by atoms with Crippen molar-refractivity contribution < 1.29 is 48.8 Å². The van der Waals surface area contributed by atoms with Crippen molar-refractivity contribution in [2.75, 3.05) is 22.9 Å². The molecule has 10 nitrogen and oxygen atoms in total. The normalized spacial score (nSPS) is 16.4. The molecule has 0 unspecified atom stereocenters. The van der Waals surface area contributed by atoms with Crippen LogP contribution >= 0.6 is 11.6 Å². The Balaban J connectivity index is 1.87. The molecule has 0 saturated carbocycles. The van der Waals surface area contributed by atoms with E-state index in [1.165, 1.54) is 7.05 Å². The topological polar surface area (TPSA) is 114 Å². The van der Waals surface area contributed by atoms with Gasteiger partial charge in [-0.3, -0.25) is 4.79 Å². The SMILES string of the molecule is Cn1cnc2ccc(Nc3c(F)c(F)cc(N(OC(=O)C(F)(F)F)S(=O)(=O)N4CC[C@@H](F)C4)c3Cl)c(F)c2c1=O. The molecule has 216 valence electrons. The van der Waals surface area contributed by atoms with E-state index < -0.39 is 96.6 Å². The largest absolute Gasteiger partial charge is 0.493 e. The number of rotatable bonds is 6. The molecule has 1 fully saturated rings. The summed E-state index contributed by atoms with van der Waals surface area (Å²) in [4.78, 5) is 31.8. The minimum absolute atomic E-state index is 0.00344. The molecule has 1 N–H and O–H groups in total. The van der Waals surface area contributed by atoms with Crippen molar-refractivity contribution in [3.8, 4) is 0 Å². The molecule has 0 aliphatic carbocycles. The average molecular weight is 618 g/mol. The fraction of sp³-hybridized carbons (Fsp3) is 0.286. The molecule has 0 radical (unpaired) electrons. The van der Waals surface area contributed by atoms with Gasteiger partial charge in [-0.15, -0.1) is 0 Å². The van der Waals surface area contributed by atoms with Crippen LogP contribution in [0.1, 0.15) is 6.42 Å². The third kappa shape index (κ3) is 5.25. The molecule has 2 aromatic carbocycles. The van der Waals surface area contributed by atoms with Crippen molar-refractivity contribution in [3.05, 3.63) is 57.4 Å². The fourth-order valence-corrected chi connectivity index (χ4v) is 5.43. The van der Waals surface area contributed by atoms with E-state index in [-0.39, 0.29) is 22.3 Å². The number of hydrogen-bond donors (Lipinski definition) is 1. The van der Waals surface area contributed by atoms with Crippen molar-refractivity contribution in [2.24, 2.45) is 7.05 Å². The molecule has 0 amide bonds. The molecule has 1 aliphatic heterocycles. The van der Waals surface area contributed by atoms with E-state index in [0.29, 0.717) is 0 Å². The van der Waals surface area contributed by atoms with Gasteiger partial charge in [0, 0.05) is 26.2 Å². The number of halogens is 8. The van der Waals surface area contributed by atoms with Gasteiger partial charge in [0.05, 0.1) is 28.2 Å². The Morgan fingerprint density at radius 2 is 1.90 bits per heavy atom. The molecule has 3 aromatic rings. The molecular weight excluding hydrogens is 603 g/mol. The number of hydrogen-bond acceptors (Lipinski definition) is 7. The second-order valence-electron chi connectivity index (χ2n) is 8.34. The van der Waals surface area contributed by atoms with E-state index in [1.54, 1.807) is 0 Å². The maximum Gasteiger partial charge on any atom is 0.493 e. The predicted octanol–water partition coefficient (Wildman–Crippen LogP) is 3.86. The van der Waals surface area contributed by atoms with Gasteiger partial charge in [0.25, 0.3) is 5.56 Å². The lowest BCUT2D eigenvalue weighted by Gasteiger charge is -2.28. The molecule has 1 atom stereocenters. The summed E-state index contributed by atoms with van der Waals surface area (Å²) >= 11 is 6.06. The molecule has 1 aliphatic rings. The maximum absolute atomic E-state index is 15.2. The lowest BCUT2D eigenvalue weighted by molar-refractivity contribution is -0.199. The number of nitrogens with zero attached hydrogens (tertiary/aromatic N) is 4. The zero-order chi connectivity index (χ0) is 29.7. The van der Waals surface area contributed by atoms with Gasteiger partial charge >= 0.3 is 22.4 Å². The number of fused-ring (bicyclic) bond motifs is 1. The van der Waals surface area contributed by atoms with Gasteiger partial charge in [0.2, 0.25) is 0 Å². The molecule has 19 heteroatoms. The number of benzene rings is 2. The Kier molecular flexibility index (Phi) is 7.63. The van der Waals surface area contributed by atoms with Gasteiger partial charge in [-0.25, -0.2) is 27.3 Å². The number of aromatic nitrogens is 2. The average Bonchev–Trinajstić information content (AvgIpc) is 3.32. The first-order chi connectivity index (χ1) is 18.5. The predicted molar refractivity (Wildman–Crippen MR) is 126 cm³/mol. The highest BCUT2D eigenvalue weighted by Gasteiger charge is 2.47. The minimum atomic E-state index is -5.76. The Morgan fingerprint density at radius 1 is 1.23 bits per heavy atom. The van der Waals surface area contributed by atoms with E-state index in [4.69, 9.17) is 11.6 Å². The van der Waals surface area contributed by atoms with Crippen molar-refractivity contribution in [1.82, 2.24) is 13.9 Å². The highest BCUT2D eigenvalue weighted by Crippen LogP contribution is 2.41. The van der Waals surface area contributed by atoms with Crippen molar-refractivity contribution in [3.63, 3.8) is 0 Å². The molecule has 0 bridgehead atoms. The Morgan fingerprint density at radius 3 is 2.50 bits per heavy atom. The van der Waals surface area contributed by atoms with Crippen LogP contribution in [0.25, 0.3) is 10.9 Å². The summed E-state index contributed by atoms with van der Waals surface area (Å²) in [7, 11) is -4.12. The summed E-state index contributed by atoms with van der Waals surface area (Å²) in [6, 6.07) is 2.06. The van der Waals surface area contributed by atoms with Gasteiger partial charge < -0.3 is 14.7 Å². The molecule has 2 heterocycles. The Hall–Kier alpha value is -3.64. The summed E-state index contributed by atoms with van der Waals surface area (Å²) in [5, 5.41) is 0.270. The number of alkyl halides is 4. The zero-order valence-corrected chi connectivity index (χ0v) is 21.3. The smallest absolute Gasteiger partial charge is 0.349 e. The first kappa shape index (κ1) is 29.3. The quantitative estimate of drug-likeness (QED) is 0.254. The van der Waals surface area contributed by atoms with E-state index in [9.17, 15) is 44.3 Å². The van der Waals surface area contributed by atoms with Crippen LogP contribution in [0.5, 0.6) is 0 Å². The van der Waals surface area contributed by atoms with Gasteiger partial charge in [0.1, 0.15) is 17.2 Å². The number of anilines is 3. The van der Waals surface area contributed by atoms with Gasteiger partial charge in [0.15, 0.2) is 17.5 Å². The van der Waals surface area contributed by atoms with E-state index in [2.05, 4.69) is 9.82 Å². The zero-order valence-electron chi connectivity index (χ0n) is 19.8. The third-order valence-electron chi connectivity index (χ3n) is 5.64. The van der Waals surface area contributed by atoms with Crippen molar-refractivity contribution in [1.29, 1.82) is 0 Å². The number of carbonyl (C=O) groups excluding carboxylic acids is 1. The summed E-state index contributed by atoms with van der Waals surface area (Å²) in [6.07, 6.45) is -6.77. The Bertz CT molecular complexity index is 1690. The minimum Gasteiger partial charge on any atom is -0.349 e. The second kappa shape index (κ2) is 10.4. The van der Waals surface area contributed by atoms with Crippen LogP contribution in [0.4, 0.5) is 47.8 Å². The van der Waals surface area contributed by atoms with Crippen molar-refractivity contribution >= 4 is 55.7 Å². The molecule has 1 saturated heterocycles. The van der Waals surface area contributed by atoms with Crippen molar-refractivity contribution in [2.45, 2.75) is 18.8 Å². The summed E-state index contributed by atoms with van der Waals surface area (Å²) in [5.41, 5.74) is -4.24. The third-order valence-corrected chi connectivity index (χ3v) is 7.70. The molecule has 40 heavy (non-hydrogen) atoms. The summed E-state index contributed by atoms with van der Waals surface area (Å²) in [5.74, 6) is -8.18. The van der Waals surface area contributed by atoms with Crippen LogP contribution in [-0.4, -0.2) is 53.7 Å². The molecular formula is C21H15ClF7N5O5S. The standard InChI is InChI=1S/C21H15ClF7N5O5S/c1-32-8-30-11-2-3-12(17(26)14(11)19(32)35)31-18-15(22)13(6-10(24)16(18)25)34(39-20(36)21(27,28)29)40(37,38)33-5-4-9(23)7-33/h2-3,6,8-9,31H,4-5,7H2,1H3/t9-/m1/s1. The first-order valence-corrected chi connectivity index (χ1v) is 12.6. The maximum atomic E-state index is 15.2. The number of carbonyl (C=O) groups is 1. The fourth-order valence-electron chi connectivity index (χ4n) is 3.67. The molecule has 4 rings (SSSR count). The van der Waals surface area contributed by atoms with Crippen LogP contribution in [0.2, 0.25) is 5.02 Å². The highest BCUT2D eigenvalue weighted by molar-refractivity contribution is 7.90. The van der Waals surface area contributed by atoms with E-state index >= 15 is 4.39 Å². The van der Waals surface area contributed by atoms with Gasteiger partial charge in [-0.1, -0.05) is 16.1 Å². The first-order valence-electron chi connectivity index (χ1n) is 10.9. The lowest BCUT2D eigenvalue weighted by atomic mass is 10.2. The van der Waals surface area contributed by atoms with Crippen LogP contribution in [0.3, 0.4) is 0 Å². The van der Waals surface area contributed by atoms with Crippen LogP contribution < -0.4 is 15.3 Å². The molecule has 0 spiro atoms. The summed E-state index contributed by atoms with van der Waals surface area (Å²) in [6.45, 7) is -1.43. The van der Waals surface area contributed by atoms with E-state index in [0.717, 1.165) is 23.0 Å². The number of nitrogens with one attached hydrogen (secondary N) is 1. The van der Waals surface area contributed by atoms with Gasteiger partial charge in [-0.05, 0) is 18.6 Å². The van der Waals surface area contributed by atoms with Crippen LogP contribution in [0, 0.1) is 17.5 Å². The van der Waals surface area contributed by atoms with Gasteiger partial charge in [-0.2, -0.15) is 25.9 Å². The molecule has 1 aromatic heterocycles. The van der Waals surface area contributed by atoms with E-state index in [1.807, 2.05) is 5.32 Å². The second-order valence-corrected chi connectivity index (χ2v) is 10.5. The Labute approximate surface area is 224 Å². The van der Waals surface area contributed by atoms with Crippen LogP contribution in [-0.2, 0) is 26.9 Å². The van der Waals surface area contributed by atoms with Crippen LogP contribution in [0.15, 0.2) is 29.3 Å². The summed E-state index contributed by atoms with van der Waals surface area (Å²) < 4.78 is 124. The number of aryl methyl sites for hydroxylation is 1. The monoisotopic (exact) mass is 617 g/mol. The lowest BCUT2D eigenvalue weighted by Crippen LogP contribution is -2.46.